The van der Waals surface area contributed by atoms with E-state index in [2.05, 4.69) is 9.97 Å². The van der Waals surface area contributed by atoms with E-state index in [1.165, 1.54) is 17.3 Å². The molecule has 1 saturated heterocycles. The number of carbonyl (C=O) groups excluding carboxylic acids is 2. The number of nitrogen functional groups attached to an aromatic ring is 1. The lowest BCUT2D eigenvalue weighted by molar-refractivity contribution is -0.138. The number of ether oxygens (including phenoxy) is 1. The lowest BCUT2D eigenvalue weighted by Crippen LogP contribution is -2.48. The Morgan fingerprint density at radius 2 is 2.08 bits per heavy atom. The van der Waals surface area contributed by atoms with Gasteiger partial charge in [0.2, 0.25) is 0 Å². The SMILES string of the molecule is CC[C@@H](C)N(C(=O)COC(=O)c1nccnc1N)[C@@H]1CCS(=O)(=O)C1. The summed E-state index contributed by atoms with van der Waals surface area (Å²) >= 11 is 0. The molecule has 1 aliphatic heterocycles. The fourth-order valence-electron chi connectivity index (χ4n) is 2.78. The smallest absolute Gasteiger partial charge is 0.361 e. The third-order valence-electron chi connectivity index (χ3n) is 4.20. The zero-order valence-corrected chi connectivity index (χ0v) is 15.0. The number of nitrogens with two attached hydrogens (primary N) is 1. The van der Waals surface area contributed by atoms with Crippen molar-refractivity contribution >= 4 is 27.5 Å². The van der Waals surface area contributed by atoms with Crippen molar-refractivity contribution in [1.29, 1.82) is 0 Å². The van der Waals surface area contributed by atoms with Crippen LogP contribution in [0, 0.1) is 0 Å². The van der Waals surface area contributed by atoms with Gasteiger partial charge in [-0.2, -0.15) is 0 Å². The molecular formula is C15H22N4O5S. The maximum Gasteiger partial charge on any atom is 0.361 e. The van der Waals surface area contributed by atoms with Crippen molar-refractivity contribution in [2.75, 3.05) is 23.8 Å². The van der Waals surface area contributed by atoms with Crippen molar-refractivity contribution < 1.29 is 22.7 Å². The van der Waals surface area contributed by atoms with Crippen molar-refractivity contribution in [3.8, 4) is 0 Å². The molecule has 25 heavy (non-hydrogen) atoms. The molecule has 1 amide bonds. The van der Waals surface area contributed by atoms with Crippen LogP contribution >= 0.6 is 0 Å². The van der Waals surface area contributed by atoms with Gasteiger partial charge in [0, 0.05) is 24.5 Å². The molecule has 138 valence electrons. The summed E-state index contributed by atoms with van der Waals surface area (Å²) in [5.41, 5.74) is 5.39. The molecular weight excluding hydrogens is 348 g/mol. The number of carbonyl (C=O) groups is 2. The van der Waals surface area contributed by atoms with E-state index < -0.39 is 34.4 Å². The summed E-state index contributed by atoms with van der Waals surface area (Å²) in [5.74, 6) is -1.36. The first kappa shape index (κ1) is 19.1. The highest BCUT2D eigenvalue weighted by Gasteiger charge is 2.36. The van der Waals surface area contributed by atoms with Crippen molar-refractivity contribution in [1.82, 2.24) is 14.9 Å². The maximum atomic E-state index is 12.5. The molecule has 10 heteroatoms. The molecule has 1 aromatic rings. The van der Waals surface area contributed by atoms with Crippen molar-refractivity contribution in [2.24, 2.45) is 0 Å². The van der Waals surface area contributed by atoms with Crippen LogP contribution in [-0.2, 0) is 19.4 Å². The van der Waals surface area contributed by atoms with Crippen LogP contribution in [-0.4, -0.2) is 65.4 Å². The highest BCUT2D eigenvalue weighted by Crippen LogP contribution is 2.21. The average Bonchev–Trinajstić information content (AvgIpc) is 2.92. The number of hydrogen-bond acceptors (Lipinski definition) is 8. The fourth-order valence-corrected chi connectivity index (χ4v) is 4.49. The molecule has 2 rings (SSSR count). The average molecular weight is 370 g/mol. The van der Waals surface area contributed by atoms with Crippen LogP contribution in [0.3, 0.4) is 0 Å². The normalized spacial score (nSPS) is 20.0. The van der Waals surface area contributed by atoms with E-state index in [0.717, 1.165) is 0 Å². The van der Waals surface area contributed by atoms with Gasteiger partial charge in [-0.15, -0.1) is 0 Å². The van der Waals surface area contributed by atoms with E-state index in [1.54, 1.807) is 0 Å². The Balaban J connectivity index is 2.05. The number of nitrogens with zero attached hydrogens (tertiary/aromatic N) is 3. The van der Waals surface area contributed by atoms with E-state index in [9.17, 15) is 18.0 Å². The lowest BCUT2D eigenvalue weighted by Gasteiger charge is -2.33. The highest BCUT2D eigenvalue weighted by atomic mass is 32.2. The highest BCUT2D eigenvalue weighted by molar-refractivity contribution is 7.91. The minimum Gasteiger partial charge on any atom is -0.451 e. The minimum absolute atomic E-state index is 0.0614. The first-order valence-corrected chi connectivity index (χ1v) is 9.82. The Bertz CT molecular complexity index is 752. The van der Waals surface area contributed by atoms with Gasteiger partial charge in [0.1, 0.15) is 0 Å². The number of aromatic nitrogens is 2. The van der Waals surface area contributed by atoms with Gasteiger partial charge in [-0.3, -0.25) is 4.79 Å². The standard InChI is InChI=1S/C15H22N4O5S/c1-3-10(2)19(11-4-7-25(22,23)9-11)12(20)8-24-15(21)13-14(16)18-6-5-17-13/h5-6,10-11H,3-4,7-9H2,1-2H3,(H2,16,18)/t10-,11-/m1/s1. The van der Waals surface area contributed by atoms with Gasteiger partial charge in [-0.05, 0) is 19.8 Å². The van der Waals surface area contributed by atoms with Crippen LogP contribution in [0.5, 0.6) is 0 Å². The lowest BCUT2D eigenvalue weighted by atomic mass is 10.1. The molecule has 1 fully saturated rings. The number of amides is 1. The summed E-state index contributed by atoms with van der Waals surface area (Å²) in [6.45, 7) is 3.24. The summed E-state index contributed by atoms with van der Waals surface area (Å²) in [4.78, 5) is 33.6. The first-order valence-electron chi connectivity index (χ1n) is 8.00. The van der Waals surface area contributed by atoms with Crippen molar-refractivity contribution in [3.05, 3.63) is 18.1 Å². The largest absolute Gasteiger partial charge is 0.451 e. The molecule has 0 aliphatic carbocycles. The van der Waals surface area contributed by atoms with Crippen LogP contribution in [0.25, 0.3) is 0 Å². The van der Waals surface area contributed by atoms with Gasteiger partial charge < -0.3 is 15.4 Å². The second-order valence-electron chi connectivity index (χ2n) is 5.98. The number of esters is 1. The summed E-state index contributed by atoms with van der Waals surface area (Å²) in [6, 6.07) is -0.557. The molecule has 2 N–H and O–H groups in total. The van der Waals surface area contributed by atoms with E-state index in [4.69, 9.17) is 10.5 Å². The Morgan fingerprint density at radius 3 is 2.64 bits per heavy atom. The van der Waals surface area contributed by atoms with Gasteiger partial charge in [-0.1, -0.05) is 6.92 Å². The third-order valence-corrected chi connectivity index (χ3v) is 5.95. The number of anilines is 1. The Morgan fingerprint density at radius 1 is 1.40 bits per heavy atom. The monoisotopic (exact) mass is 370 g/mol. The Hall–Kier alpha value is -2.23. The predicted octanol–water partition coefficient (Wildman–Crippen LogP) is 0.0298. The Kier molecular flexibility index (Phi) is 5.93. The van der Waals surface area contributed by atoms with Crippen molar-refractivity contribution in [2.45, 2.75) is 38.8 Å². The van der Waals surface area contributed by atoms with Crippen LogP contribution in [0.4, 0.5) is 5.82 Å². The molecule has 0 spiro atoms. The van der Waals surface area contributed by atoms with E-state index in [-0.39, 0.29) is 29.1 Å². The van der Waals surface area contributed by atoms with Gasteiger partial charge in [0.15, 0.2) is 28.0 Å². The second kappa shape index (κ2) is 7.77. The maximum absolute atomic E-state index is 12.5. The van der Waals surface area contributed by atoms with E-state index in [0.29, 0.717) is 12.8 Å². The summed E-state index contributed by atoms with van der Waals surface area (Å²) < 4.78 is 28.4. The number of rotatable bonds is 6. The number of sulfone groups is 1. The molecule has 9 nitrogen and oxygen atoms in total. The minimum atomic E-state index is -3.13. The van der Waals surface area contributed by atoms with Crippen LogP contribution in [0.2, 0.25) is 0 Å². The van der Waals surface area contributed by atoms with Gasteiger partial charge in [-0.25, -0.2) is 23.2 Å². The van der Waals surface area contributed by atoms with E-state index >= 15 is 0 Å². The van der Waals surface area contributed by atoms with E-state index in [1.807, 2.05) is 13.8 Å². The van der Waals surface area contributed by atoms with Gasteiger partial charge in [0.25, 0.3) is 5.91 Å². The second-order valence-corrected chi connectivity index (χ2v) is 8.21. The predicted molar refractivity (Wildman–Crippen MR) is 90.4 cm³/mol. The summed E-state index contributed by atoms with van der Waals surface area (Å²) in [6.07, 6.45) is 3.68. The molecule has 1 aromatic heterocycles. The molecule has 0 aromatic carbocycles. The zero-order valence-electron chi connectivity index (χ0n) is 14.2. The molecule has 0 bridgehead atoms. The molecule has 0 saturated carbocycles. The van der Waals surface area contributed by atoms with Gasteiger partial charge in [0.05, 0.1) is 11.5 Å². The fraction of sp³-hybridized carbons (Fsp3) is 0.600. The van der Waals surface area contributed by atoms with Crippen LogP contribution in [0.15, 0.2) is 12.4 Å². The zero-order chi connectivity index (χ0) is 18.6. The van der Waals surface area contributed by atoms with Crippen LogP contribution < -0.4 is 5.73 Å². The summed E-state index contributed by atoms with van der Waals surface area (Å²) in [7, 11) is -3.13. The molecule has 0 unspecified atom stereocenters. The first-order chi connectivity index (χ1) is 11.7. The third kappa shape index (κ3) is 4.65. The molecule has 1 aliphatic rings. The van der Waals surface area contributed by atoms with Gasteiger partial charge >= 0.3 is 5.97 Å². The molecule has 0 radical (unpaired) electrons. The Labute approximate surface area is 146 Å². The van der Waals surface area contributed by atoms with Crippen LogP contribution in [0.1, 0.15) is 37.2 Å². The quantitative estimate of drug-likeness (QED) is 0.694. The van der Waals surface area contributed by atoms with Crippen molar-refractivity contribution in [3.63, 3.8) is 0 Å². The summed E-state index contributed by atoms with van der Waals surface area (Å²) in [5, 5.41) is 0. The molecule has 2 atom stereocenters. The molecule has 2 heterocycles. The number of hydrogen-bond donors (Lipinski definition) is 1. The topological polar surface area (TPSA) is 133 Å².